The lowest BCUT2D eigenvalue weighted by Crippen LogP contribution is -2.38. The Balaban J connectivity index is 1.68. The third-order valence-corrected chi connectivity index (χ3v) is 9.46. The maximum atomic E-state index is 13.9. The number of ether oxygens (including phenoxy) is 1. The van der Waals surface area contributed by atoms with Crippen molar-refractivity contribution in [3.05, 3.63) is 77.5 Å². The van der Waals surface area contributed by atoms with E-state index >= 15 is 0 Å². The summed E-state index contributed by atoms with van der Waals surface area (Å²) in [6.07, 6.45) is -4.64. The maximum absolute atomic E-state index is 13.9. The van der Waals surface area contributed by atoms with E-state index in [0.29, 0.717) is 29.3 Å². The lowest BCUT2D eigenvalue weighted by atomic mass is 10.1. The summed E-state index contributed by atoms with van der Waals surface area (Å²) in [5, 5.41) is 6.22. The van der Waals surface area contributed by atoms with Crippen LogP contribution in [0, 0.1) is 13.8 Å². The van der Waals surface area contributed by atoms with Crippen LogP contribution in [0.5, 0.6) is 5.75 Å². The number of benzene rings is 2. The van der Waals surface area contributed by atoms with Crippen molar-refractivity contribution in [1.29, 1.82) is 0 Å². The Morgan fingerprint density at radius 3 is 2.42 bits per heavy atom. The number of carbonyl (C=O) groups is 1. The predicted octanol–water partition coefficient (Wildman–Crippen LogP) is 6.02. The molecule has 2 aromatic carbocycles. The number of amides is 1. The number of aryl methyl sites for hydroxylation is 2. The maximum Gasteiger partial charge on any atom is 0.435 e. The van der Waals surface area contributed by atoms with Crippen LogP contribution in [-0.2, 0) is 28.0 Å². The summed E-state index contributed by atoms with van der Waals surface area (Å²) in [5.74, 6) is 0.0521. The SMILES string of the molecule is CCOc1ccc(NC(=O)CN(c2cccc(C)c2C)S(=O)(=O)c2ccc(-c3cc(C(F)(F)F)nn3C)s2)cc1. The van der Waals surface area contributed by atoms with Gasteiger partial charge in [0.2, 0.25) is 5.91 Å². The topological polar surface area (TPSA) is 93.5 Å². The minimum absolute atomic E-state index is 0.116. The Morgan fingerprint density at radius 2 is 1.80 bits per heavy atom. The summed E-state index contributed by atoms with van der Waals surface area (Å²) >= 11 is 0.798. The lowest BCUT2D eigenvalue weighted by molar-refractivity contribution is -0.141. The van der Waals surface area contributed by atoms with Crippen molar-refractivity contribution < 1.29 is 31.1 Å². The van der Waals surface area contributed by atoms with Gasteiger partial charge in [-0.05, 0) is 80.4 Å². The molecule has 0 saturated heterocycles. The summed E-state index contributed by atoms with van der Waals surface area (Å²) in [6, 6.07) is 15.4. The van der Waals surface area contributed by atoms with Crippen molar-refractivity contribution in [2.45, 2.75) is 31.2 Å². The first-order chi connectivity index (χ1) is 18.8. The molecule has 4 aromatic rings. The van der Waals surface area contributed by atoms with Gasteiger partial charge in [-0.25, -0.2) is 8.42 Å². The van der Waals surface area contributed by atoms with E-state index in [2.05, 4.69) is 10.4 Å². The van der Waals surface area contributed by atoms with Gasteiger partial charge in [-0.1, -0.05) is 12.1 Å². The van der Waals surface area contributed by atoms with Crippen LogP contribution >= 0.6 is 11.3 Å². The van der Waals surface area contributed by atoms with Gasteiger partial charge in [0.25, 0.3) is 10.0 Å². The first kappa shape index (κ1) is 29.2. The second-order valence-corrected chi connectivity index (χ2v) is 12.1. The fraction of sp³-hybridized carbons (Fsp3) is 0.259. The number of alkyl halides is 3. The number of sulfonamides is 1. The van der Waals surface area contributed by atoms with Crippen molar-refractivity contribution in [2.24, 2.45) is 7.05 Å². The molecule has 0 saturated carbocycles. The molecule has 0 aliphatic carbocycles. The number of rotatable bonds is 9. The molecule has 212 valence electrons. The van der Waals surface area contributed by atoms with E-state index in [9.17, 15) is 26.4 Å². The van der Waals surface area contributed by atoms with Crippen LogP contribution in [-0.4, -0.2) is 37.3 Å². The normalized spacial score (nSPS) is 11.9. The number of carbonyl (C=O) groups excluding carboxylic acids is 1. The van der Waals surface area contributed by atoms with Crippen LogP contribution in [0.25, 0.3) is 10.6 Å². The van der Waals surface area contributed by atoms with Crippen LogP contribution < -0.4 is 14.4 Å². The molecular formula is C27H27F3N4O4S2. The molecular weight excluding hydrogens is 565 g/mol. The molecule has 13 heteroatoms. The molecule has 0 aliphatic heterocycles. The van der Waals surface area contributed by atoms with Gasteiger partial charge < -0.3 is 10.1 Å². The number of nitrogens with one attached hydrogen (secondary N) is 1. The van der Waals surface area contributed by atoms with Gasteiger partial charge in [-0.15, -0.1) is 11.3 Å². The third kappa shape index (κ3) is 6.15. The molecule has 2 aromatic heterocycles. The highest BCUT2D eigenvalue weighted by molar-refractivity contribution is 7.94. The molecule has 0 fully saturated rings. The van der Waals surface area contributed by atoms with Gasteiger partial charge in [0, 0.05) is 12.7 Å². The van der Waals surface area contributed by atoms with Crippen LogP contribution in [0.3, 0.4) is 0 Å². The summed E-state index contributed by atoms with van der Waals surface area (Å²) in [7, 11) is -2.94. The zero-order chi connectivity index (χ0) is 29.2. The molecule has 0 unspecified atom stereocenters. The fourth-order valence-electron chi connectivity index (χ4n) is 3.98. The predicted molar refractivity (Wildman–Crippen MR) is 148 cm³/mol. The highest BCUT2D eigenvalue weighted by Gasteiger charge is 2.35. The van der Waals surface area contributed by atoms with E-state index in [4.69, 9.17) is 4.74 Å². The number of aromatic nitrogens is 2. The van der Waals surface area contributed by atoms with Crippen LogP contribution in [0.2, 0.25) is 0 Å². The van der Waals surface area contributed by atoms with Gasteiger partial charge in [0.05, 0.1) is 22.9 Å². The molecule has 8 nitrogen and oxygen atoms in total. The number of hydrogen-bond acceptors (Lipinski definition) is 6. The number of halogens is 3. The second-order valence-electron chi connectivity index (χ2n) is 8.89. The Kier molecular flexibility index (Phi) is 8.26. The van der Waals surface area contributed by atoms with E-state index in [1.54, 1.807) is 43.3 Å². The summed E-state index contributed by atoms with van der Waals surface area (Å²) in [5.41, 5.74) is 1.30. The van der Waals surface area contributed by atoms with E-state index in [0.717, 1.165) is 32.0 Å². The number of nitrogens with zero attached hydrogens (tertiary/aromatic N) is 3. The Bertz CT molecular complexity index is 1630. The van der Waals surface area contributed by atoms with Gasteiger partial charge in [-0.3, -0.25) is 13.8 Å². The molecule has 0 bridgehead atoms. The van der Waals surface area contributed by atoms with Crippen LogP contribution in [0.4, 0.5) is 24.5 Å². The van der Waals surface area contributed by atoms with Crippen molar-refractivity contribution >= 4 is 38.6 Å². The highest BCUT2D eigenvalue weighted by atomic mass is 32.2. The largest absolute Gasteiger partial charge is 0.494 e. The van der Waals surface area contributed by atoms with Gasteiger partial charge in [0.15, 0.2) is 5.69 Å². The Morgan fingerprint density at radius 1 is 1.10 bits per heavy atom. The first-order valence-corrected chi connectivity index (χ1v) is 14.4. The van der Waals surface area contributed by atoms with Crippen molar-refractivity contribution in [2.75, 3.05) is 22.8 Å². The minimum atomic E-state index is -4.64. The van der Waals surface area contributed by atoms with Crippen molar-refractivity contribution in [1.82, 2.24) is 9.78 Å². The minimum Gasteiger partial charge on any atom is -0.494 e. The lowest BCUT2D eigenvalue weighted by Gasteiger charge is -2.25. The molecule has 0 aliphatic rings. The molecule has 0 spiro atoms. The number of anilines is 2. The second kappa shape index (κ2) is 11.3. The molecule has 1 amide bonds. The van der Waals surface area contributed by atoms with E-state index < -0.39 is 34.3 Å². The smallest absolute Gasteiger partial charge is 0.435 e. The van der Waals surface area contributed by atoms with Gasteiger partial charge in [0.1, 0.15) is 16.5 Å². The first-order valence-electron chi connectivity index (χ1n) is 12.1. The zero-order valence-electron chi connectivity index (χ0n) is 22.1. The Labute approximate surface area is 234 Å². The van der Waals surface area contributed by atoms with Crippen LogP contribution in [0.1, 0.15) is 23.7 Å². The molecule has 0 atom stereocenters. The molecule has 0 radical (unpaired) electrons. The summed E-state index contributed by atoms with van der Waals surface area (Å²) in [4.78, 5) is 13.4. The summed E-state index contributed by atoms with van der Waals surface area (Å²) in [6.45, 7) is 5.39. The van der Waals surface area contributed by atoms with Gasteiger partial charge >= 0.3 is 6.18 Å². The van der Waals surface area contributed by atoms with Crippen molar-refractivity contribution in [3.8, 4) is 16.3 Å². The average molecular weight is 593 g/mol. The molecule has 1 N–H and O–H groups in total. The zero-order valence-corrected chi connectivity index (χ0v) is 23.7. The molecule has 2 heterocycles. The van der Waals surface area contributed by atoms with E-state index in [1.165, 1.54) is 19.2 Å². The molecule has 40 heavy (non-hydrogen) atoms. The summed E-state index contributed by atoms with van der Waals surface area (Å²) < 4.78 is 74.7. The third-order valence-electron chi connectivity index (χ3n) is 6.13. The van der Waals surface area contributed by atoms with E-state index in [-0.39, 0.29) is 14.8 Å². The fourth-order valence-corrected chi connectivity index (χ4v) is 6.93. The standard InChI is InChI=1S/C27H27F3N4O4S2/c1-5-38-20-11-9-19(10-12-20)31-25(35)16-34(21-8-6-7-17(2)18(21)3)40(36,37)26-14-13-23(39-26)22-15-24(27(28,29)30)32-33(22)4/h6-15H,5,16H2,1-4H3,(H,31,35). The van der Waals surface area contributed by atoms with E-state index in [1.807, 2.05) is 19.9 Å². The highest BCUT2D eigenvalue weighted by Crippen LogP contribution is 2.37. The van der Waals surface area contributed by atoms with Crippen LogP contribution in [0.15, 0.2) is 64.9 Å². The van der Waals surface area contributed by atoms with Crippen molar-refractivity contribution in [3.63, 3.8) is 0 Å². The monoisotopic (exact) mass is 592 g/mol. The average Bonchev–Trinajstić information content (AvgIpc) is 3.53. The number of hydrogen-bond donors (Lipinski definition) is 1. The molecule has 4 rings (SSSR count). The number of thiophene rings is 1. The van der Waals surface area contributed by atoms with Gasteiger partial charge in [-0.2, -0.15) is 18.3 Å². The quantitative estimate of drug-likeness (QED) is 0.257. The Hall–Kier alpha value is -3.84.